The number of carbonyl (C=O) groups excluding carboxylic acids is 2. The fourth-order valence-corrected chi connectivity index (χ4v) is 8.95. The summed E-state index contributed by atoms with van der Waals surface area (Å²) in [6.45, 7) is 6.50. The number of hydrogen-bond acceptors (Lipinski definition) is 5. The van der Waals surface area contributed by atoms with Crippen molar-refractivity contribution in [2.24, 2.45) is 0 Å². The van der Waals surface area contributed by atoms with Gasteiger partial charge in [-0.3, -0.25) is 9.59 Å². The highest BCUT2D eigenvalue weighted by Gasteiger charge is 2.24. The minimum Gasteiger partial charge on any atom is -0.462 e. The molecule has 0 heterocycles. The highest BCUT2D eigenvalue weighted by atomic mass is 16.5. The lowest BCUT2D eigenvalue weighted by Gasteiger charge is -2.24. The fourth-order valence-electron chi connectivity index (χ4n) is 8.95. The van der Waals surface area contributed by atoms with E-state index >= 15 is 0 Å². The van der Waals surface area contributed by atoms with E-state index in [0.29, 0.717) is 19.3 Å². The second-order valence-electron chi connectivity index (χ2n) is 19.7. The lowest BCUT2D eigenvalue weighted by Crippen LogP contribution is -2.46. The second-order valence-corrected chi connectivity index (χ2v) is 19.7. The molecule has 0 aliphatic rings. The average molecular weight is 903 g/mol. The Kier molecular flexibility index (Phi) is 51.0. The molecule has 64 heavy (non-hydrogen) atoms. The smallest absolute Gasteiger partial charge is 0.306 e. The van der Waals surface area contributed by atoms with Gasteiger partial charge in [0.25, 0.3) is 0 Å². The summed E-state index contributed by atoms with van der Waals surface area (Å²) in [7, 11) is 0. The van der Waals surface area contributed by atoms with E-state index < -0.39 is 18.2 Å². The van der Waals surface area contributed by atoms with Gasteiger partial charge in [-0.1, -0.05) is 270 Å². The molecule has 0 spiro atoms. The van der Waals surface area contributed by atoms with Gasteiger partial charge in [-0.2, -0.15) is 0 Å². The summed E-state index contributed by atoms with van der Waals surface area (Å²) in [6.07, 6.45) is 61.0. The number of allylic oxidation sites excluding steroid dienone is 4. The van der Waals surface area contributed by atoms with Crippen molar-refractivity contribution in [3.05, 3.63) is 24.3 Å². The molecule has 0 rings (SSSR count). The Labute approximate surface area is 399 Å². The Bertz CT molecular complexity index is 1010. The lowest BCUT2D eigenvalue weighted by atomic mass is 10.0. The van der Waals surface area contributed by atoms with Crippen LogP contribution in [-0.4, -0.2) is 46.9 Å². The highest BCUT2D eigenvalue weighted by molar-refractivity contribution is 5.77. The van der Waals surface area contributed by atoms with E-state index in [-0.39, 0.29) is 24.9 Å². The molecule has 6 nitrogen and oxygen atoms in total. The number of carbonyl (C=O) groups is 2. The van der Waals surface area contributed by atoms with E-state index in [1.54, 1.807) is 0 Å². The molecule has 0 aromatic heterocycles. The molecule has 3 atom stereocenters. The molecule has 3 unspecified atom stereocenters. The Balaban J connectivity index is 4.54. The van der Waals surface area contributed by atoms with Gasteiger partial charge in [0.2, 0.25) is 5.91 Å². The average Bonchev–Trinajstić information content (AvgIpc) is 3.29. The molecule has 0 aromatic rings. The van der Waals surface area contributed by atoms with Gasteiger partial charge in [0, 0.05) is 6.42 Å². The van der Waals surface area contributed by atoms with Gasteiger partial charge in [-0.25, -0.2) is 0 Å². The number of ether oxygens (including phenoxy) is 1. The van der Waals surface area contributed by atoms with E-state index in [9.17, 15) is 19.8 Å². The second kappa shape index (κ2) is 52.3. The summed E-state index contributed by atoms with van der Waals surface area (Å²) in [6, 6.07) is -0.700. The van der Waals surface area contributed by atoms with Crippen molar-refractivity contribution in [1.29, 1.82) is 0 Å². The third-order valence-electron chi connectivity index (χ3n) is 13.3. The minimum atomic E-state index is -0.786. The maximum absolute atomic E-state index is 13.2. The van der Waals surface area contributed by atoms with Crippen LogP contribution in [0.4, 0.5) is 0 Å². The molecular formula is C58H111NO5. The summed E-state index contributed by atoms with van der Waals surface area (Å²) >= 11 is 0. The number of amides is 1. The van der Waals surface area contributed by atoms with Gasteiger partial charge >= 0.3 is 5.97 Å². The van der Waals surface area contributed by atoms with Crippen molar-refractivity contribution in [3.8, 4) is 0 Å². The minimum absolute atomic E-state index is 0.0773. The molecule has 0 aliphatic carbocycles. The van der Waals surface area contributed by atoms with Crippen LogP contribution in [0.1, 0.15) is 310 Å². The van der Waals surface area contributed by atoms with Crippen LogP contribution in [0.15, 0.2) is 24.3 Å². The summed E-state index contributed by atoms with van der Waals surface area (Å²) in [4.78, 5) is 26.2. The quantitative estimate of drug-likeness (QED) is 0.0321. The van der Waals surface area contributed by atoms with Gasteiger partial charge in [-0.15, -0.1) is 0 Å². The van der Waals surface area contributed by atoms with E-state index in [0.717, 1.165) is 57.8 Å². The van der Waals surface area contributed by atoms with Crippen LogP contribution in [0.5, 0.6) is 0 Å². The maximum Gasteiger partial charge on any atom is 0.306 e. The number of rotatable bonds is 52. The summed E-state index contributed by atoms with van der Waals surface area (Å²) in [5.74, 6) is -0.473. The molecule has 0 saturated carbocycles. The first-order valence-corrected chi connectivity index (χ1v) is 28.6. The zero-order valence-electron chi connectivity index (χ0n) is 43.2. The third-order valence-corrected chi connectivity index (χ3v) is 13.3. The fraction of sp³-hybridized carbons (Fsp3) is 0.897. The van der Waals surface area contributed by atoms with Crippen molar-refractivity contribution in [2.75, 3.05) is 6.61 Å². The SMILES string of the molecule is CCCCCCCCC/C=C/C=C/CCCCCCCC(=O)OC(CCCCCCCCCCCCCCCCCCC)CC(=O)NC(CO)C(O)CCCCCCCCCCCC. The van der Waals surface area contributed by atoms with E-state index in [4.69, 9.17) is 4.74 Å². The van der Waals surface area contributed by atoms with Crippen LogP contribution in [0.3, 0.4) is 0 Å². The monoisotopic (exact) mass is 902 g/mol. The maximum atomic E-state index is 13.2. The zero-order valence-corrected chi connectivity index (χ0v) is 43.2. The van der Waals surface area contributed by atoms with E-state index in [2.05, 4.69) is 50.4 Å². The van der Waals surface area contributed by atoms with Crippen molar-refractivity contribution >= 4 is 11.9 Å². The molecule has 0 bridgehead atoms. The predicted octanol–water partition coefficient (Wildman–Crippen LogP) is 17.5. The van der Waals surface area contributed by atoms with Gasteiger partial charge < -0.3 is 20.3 Å². The van der Waals surface area contributed by atoms with Gasteiger partial charge in [0.1, 0.15) is 6.10 Å². The van der Waals surface area contributed by atoms with Gasteiger partial charge in [0.05, 0.1) is 25.2 Å². The van der Waals surface area contributed by atoms with Gasteiger partial charge in [0.15, 0.2) is 0 Å². The Hall–Kier alpha value is -1.66. The van der Waals surface area contributed by atoms with Crippen LogP contribution in [0.25, 0.3) is 0 Å². The molecule has 1 amide bonds. The van der Waals surface area contributed by atoms with E-state index in [1.165, 1.54) is 205 Å². The summed E-state index contributed by atoms with van der Waals surface area (Å²) in [5, 5.41) is 23.8. The normalized spacial score (nSPS) is 13.3. The lowest BCUT2D eigenvalue weighted by molar-refractivity contribution is -0.151. The molecule has 378 valence electrons. The molecular weight excluding hydrogens is 791 g/mol. The molecule has 0 saturated heterocycles. The molecule has 0 radical (unpaired) electrons. The standard InChI is InChI=1S/C58H111NO5/c1-4-7-10-13-16-19-22-24-26-28-30-32-34-36-39-42-45-48-51-58(63)64-54(49-46-43-40-37-35-33-31-29-27-25-23-20-17-14-11-8-5-2)52-57(62)59-55(53-60)56(61)50-47-44-41-38-21-18-15-12-9-6-3/h26,28,30,32,54-56,60-61H,4-25,27,29,31,33-53H2,1-3H3,(H,59,62)/b28-26+,32-30+. The Morgan fingerprint density at radius 1 is 0.453 bits per heavy atom. The van der Waals surface area contributed by atoms with Crippen LogP contribution in [0, 0.1) is 0 Å². The number of nitrogens with one attached hydrogen (secondary N) is 1. The molecule has 0 fully saturated rings. The first-order chi connectivity index (χ1) is 31.5. The van der Waals surface area contributed by atoms with Crippen LogP contribution in [0.2, 0.25) is 0 Å². The summed E-state index contributed by atoms with van der Waals surface area (Å²) < 4.78 is 5.96. The number of hydrogen-bond donors (Lipinski definition) is 3. The molecule has 0 aliphatic heterocycles. The van der Waals surface area contributed by atoms with Crippen LogP contribution >= 0.6 is 0 Å². The largest absolute Gasteiger partial charge is 0.462 e. The molecule has 0 aromatic carbocycles. The highest BCUT2D eigenvalue weighted by Crippen LogP contribution is 2.19. The first-order valence-electron chi connectivity index (χ1n) is 28.6. The van der Waals surface area contributed by atoms with Crippen LogP contribution in [-0.2, 0) is 14.3 Å². The summed E-state index contributed by atoms with van der Waals surface area (Å²) in [5.41, 5.74) is 0. The first kappa shape index (κ1) is 62.3. The Morgan fingerprint density at radius 3 is 1.16 bits per heavy atom. The molecule has 3 N–H and O–H groups in total. The molecule has 6 heteroatoms. The van der Waals surface area contributed by atoms with Crippen molar-refractivity contribution < 1.29 is 24.5 Å². The number of aliphatic hydroxyl groups is 2. The van der Waals surface area contributed by atoms with Crippen molar-refractivity contribution in [3.63, 3.8) is 0 Å². The van der Waals surface area contributed by atoms with Crippen molar-refractivity contribution in [2.45, 2.75) is 328 Å². The number of esters is 1. The predicted molar refractivity (Wildman–Crippen MR) is 278 cm³/mol. The van der Waals surface area contributed by atoms with Gasteiger partial charge in [-0.05, 0) is 51.4 Å². The Morgan fingerprint density at radius 2 is 0.781 bits per heavy atom. The topological polar surface area (TPSA) is 95.9 Å². The third kappa shape index (κ3) is 46.9. The van der Waals surface area contributed by atoms with Crippen LogP contribution < -0.4 is 5.32 Å². The number of aliphatic hydroxyl groups excluding tert-OH is 2. The zero-order chi connectivity index (χ0) is 46.7. The van der Waals surface area contributed by atoms with E-state index in [1.807, 2.05) is 0 Å². The number of unbranched alkanes of at least 4 members (excludes halogenated alkanes) is 37. The van der Waals surface area contributed by atoms with Crippen molar-refractivity contribution in [1.82, 2.24) is 5.32 Å².